The van der Waals surface area contributed by atoms with Crippen LogP contribution in [0.3, 0.4) is 0 Å². The maximum Gasteiger partial charge on any atom is 0.410 e. The number of rotatable bonds is 2. The Balaban J connectivity index is 2.56. The molecule has 1 fully saturated rings. The van der Waals surface area contributed by atoms with Gasteiger partial charge >= 0.3 is 6.09 Å². The van der Waals surface area contributed by atoms with Crippen LogP contribution < -0.4 is 5.73 Å². The molecule has 1 saturated heterocycles. The van der Waals surface area contributed by atoms with E-state index in [1.54, 1.807) is 9.80 Å². The molecule has 0 radical (unpaired) electrons. The van der Waals surface area contributed by atoms with E-state index in [1.165, 1.54) is 0 Å². The zero-order chi connectivity index (χ0) is 18.0. The van der Waals surface area contributed by atoms with Crippen LogP contribution in [-0.4, -0.2) is 59.6 Å². The lowest BCUT2D eigenvalue weighted by Gasteiger charge is -2.39. The highest BCUT2D eigenvalue weighted by Crippen LogP contribution is 2.23. The Hall–Kier alpha value is -1.30. The van der Waals surface area contributed by atoms with Gasteiger partial charge in [-0.2, -0.15) is 0 Å². The first kappa shape index (κ1) is 19.7. The third-order valence-electron chi connectivity index (χ3n) is 4.21. The Morgan fingerprint density at radius 3 is 2.00 bits per heavy atom. The van der Waals surface area contributed by atoms with E-state index in [-0.39, 0.29) is 23.5 Å². The summed E-state index contributed by atoms with van der Waals surface area (Å²) in [6.07, 6.45) is 1.22. The summed E-state index contributed by atoms with van der Waals surface area (Å²) in [6.45, 7) is 12.7. The zero-order valence-corrected chi connectivity index (χ0v) is 15.7. The lowest BCUT2D eigenvalue weighted by atomic mass is 9.86. The topological polar surface area (TPSA) is 75.9 Å². The normalized spacial score (nSPS) is 18.5. The Morgan fingerprint density at radius 2 is 1.61 bits per heavy atom. The van der Waals surface area contributed by atoms with Crippen molar-refractivity contribution in [1.29, 1.82) is 0 Å². The molecule has 6 heteroatoms. The van der Waals surface area contributed by atoms with Crippen molar-refractivity contribution in [1.82, 2.24) is 9.80 Å². The SMILES string of the molecule is CN(C(=O)C(N)C(C)(C)C)C1CCN(C(=O)OC(C)(C)C)CC1. The van der Waals surface area contributed by atoms with Crippen molar-refractivity contribution in [2.24, 2.45) is 11.1 Å². The number of likely N-dealkylation sites (N-methyl/N-ethyl adjacent to an activating group) is 1. The van der Waals surface area contributed by atoms with Crippen molar-refractivity contribution in [2.75, 3.05) is 20.1 Å². The van der Waals surface area contributed by atoms with E-state index in [9.17, 15) is 9.59 Å². The first-order chi connectivity index (χ1) is 10.3. The fraction of sp³-hybridized carbons (Fsp3) is 0.882. The highest BCUT2D eigenvalue weighted by Gasteiger charge is 2.34. The first-order valence-corrected chi connectivity index (χ1v) is 8.33. The van der Waals surface area contributed by atoms with E-state index >= 15 is 0 Å². The van der Waals surface area contributed by atoms with Crippen LogP contribution >= 0.6 is 0 Å². The molecule has 1 atom stereocenters. The van der Waals surface area contributed by atoms with Gasteiger partial charge in [-0.05, 0) is 39.0 Å². The largest absolute Gasteiger partial charge is 0.444 e. The lowest BCUT2D eigenvalue weighted by molar-refractivity contribution is -0.136. The molecule has 134 valence electrons. The number of carbonyl (C=O) groups is 2. The van der Waals surface area contributed by atoms with Crippen molar-refractivity contribution in [2.45, 2.75) is 72.1 Å². The summed E-state index contributed by atoms with van der Waals surface area (Å²) in [5.74, 6) is -0.0341. The standard InChI is InChI=1S/C17H33N3O3/c1-16(2,3)13(18)14(21)19(7)12-8-10-20(11-9-12)15(22)23-17(4,5)6/h12-13H,8-11,18H2,1-7H3. The quantitative estimate of drug-likeness (QED) is 0.844. The molecule has 0 aromatic carbocycles. The minimum absolute atomic E-state index is 0.0341. The molecule has 23 heavy (non-hydrogen) atoms. The van der Waals surface area contributed by atoms with Gasteiger partial charge in [0.25, 0.3) is 0 Å². The van der Waals surface area contributed by atoms with Gasteiger partial charge in [-0.15, -0.1) is 0 Å². The average Bonchev–Trinajstić information content (AvgIpc) is 2.42. The molecule has 1 rings (SSSR count). The zero-order valence-electron chi connectivity index (χ0n) is 15.7. The van der Waals surface area contributed by atoms with Crippen LogP contribution in [0.4, 0.5) is 4.79 Å². The molecule has 0 aromatic rings. The Kier molecular flexibility index (Phi) is 6.07. The van der Waals surface area contributed by atoms with Crippen molar-refractivity contribution in [3.63, 3.8) is 0 Å². The minimum atomic E-state index is -0.517. The smallest absolute Gasteiger partial charge is 0.410 e. The van der Waals surface area contributed by atoms with E-state index < -0.39 is 11.6 Å². The number of nitrogens with zero attached hydrogens (tertiary/aromatic N) is 2. The minimum Gasteiger partial charge on any atom is -0.444 e. The number of carbonyl (C=O) groups excluding carboxylic acids is 2. The number of hydrogen-bond acceptors (Lipinski definition) is 4. The van der Waals surface area contributed by atoms with E-state index in [0.29, 0.717) is 13.1 Å². The van der Waals surface area contributed by atoms with Crippen molar-refractivity contribution >= 4 is 12.0 Å². The predicted octanol–water partition coefficient (Wildman–Crippen LogP) is 2.22. The molecule has 2 amide bonds. The fourth-order valence-corrected chi connectivity index (χ4v) is 2.53. The van der Waals surface area contributed by atoms with Gasteiger partial charge in [-0.25, -0.2) is 4.79 Å². The molecule has 0 aromatic heterocycles. The number of likely N-dealkylation sites (tertiary alicyclic amines) is 1. The molecular weight excluding hydrogens is 294 g/mol. The molecule has 1 aliphatic heterocycles. The summed E-state index contributed by atoms with van der Waals surface area (Å²) in [6, 6.07) is -0.397. The second-order valence-corrected chi connectivity index (χ2v) is 8.49. The van der Waals surface area contributed by atoms with Gasteiger partial charge in [0.1, 0.15) is 5.60 Å². The number of amides is 2. The summed E-state index contributed by atoms with van der Waals surface area (Å²) < 4.78 is 5.39. The summed E-state index contributed by atoms with van der Waals surface area (Å²) >= 11 is 0. The number of hydrogen-bond donors (Lipinski definition) is 1. The van der Waals surface area contributed by atoms with Crippen molar-refractivity contribution in [3.05, 3.63) is 0 Å². The molecule has 1 aliphatic rings. The number of nitrogens with two attached hydrogens (primary N) is 1. The van der Waals surface area contributed by atoms with Crippen LogP contribution in [0.1, 0.15) is 54.4 Å². The highest BCUT2D eigenvalue weighted by atomic mass is 16.6. The maximum absolute atomic E-state index is 12.5. The highest BCUT2D eigenvalue weighted by molar-refractivity contribution is 5.82. The number of ether oxygens (including phenoxy) is 1. The third-order valence-corrected chi connectivity index (χ3v) is 4.21. The van der Waals surface area contributed by atoms with Gasteiger partial charge in [-0.1, -0.05) is 20.8 Å². The van der Waals surface area contributed by atoms with E-state index in [2.05, 4.69) is 0 Å². The summed E-state index contributed by atoms with van der Waals surface area (Å²) in [7, 11) is 1.81. The van der Waals surface area contributed by atoms with Crippen LogP contribution in [0.15, 0.2) is 0 Å². The van der Waals surface area contributed by atoms with Gasteiger partial charge in [0.2, 0.25) is 5.91 Å². The van der Waals surface area contributed by atoms with Crippen LogP contribution in [0, 0.1) is 5.41 Å². The molecule has 1 heterocycles. The molecule has 0 saturated carbocycles. The van der Waals surface area contributed by atoms with Gasteiger partial charge in [-0.3, -0.25) is 4.79 Å². The summed E-state index contributed by atoms with van der Waals surface area (Å²) in [5, 5.41) is 0. The molecule has 1 unspecified atom stereocenters. The van der Waals surface area contributed by atoms with E-state index in [0.717, 1.165) is 12.8 Å². The number of piperidine rings is 1. The summed E-state index contributed by atoms with van der Waals surface area (Å²) in [4.78, 5) is 28.0. The fourth-order valence-electron chi connectivity index (χ4n) is 2.53. The lowest BCUT2D eigenvalue weighted by Crippen LogP contribution is -2.54. The van der Waals surface area contributed by atoms with Crippen LogP contribution in [0.25, 0.3) is 0 Å². The summed E-state index contributed by atoms with van der Waals surface area (Å²) in [5.41, 5.74) is 5.32. The maximum atomic E-state index is 12.5. The van der Waals surface area contributed by atoms with Gasteiger partial charge in [0.05, 0.1) is 6.04 Å². The molecule has 0 bridgehead atoms. The first-order valence-electron chi connectivity index (χ1n) is 8.33. The molecule has 6 nitrogen and oxygen atoms in total. The predicted molar refractivity (Wildman–Crippen MR) is 91.0 cm³/mol. The average molecular weight is 327 g/mol. The van der Waals surface area contributed by atoms with Crippen molar-refractivity contribution < 1.29 is 14.3 Å². The van der Waals surface area contributed by atoms with E-state index in [1.807, 2.05) is 48.6 Å². The van der Waals surface area contributed by atoms with Gasteiger partial charge in [0.15, 0.2) is 0 Å². The second kappa shape index (κ2) is 7.07. The monoisotopic (exact) mass is 327 g/mol. The third kappa shape index (κ3) is 5.68. The van der Waals surface area contributed by atoms with Gasteiger partial charge < -0.3 is 20.3 Å². The molecule has 0 aliphatic carbocycles. The second-order valence-electron chi connectivity index (χ2n) is 8.49. The van der Waals surface area contributed by atoms with Crippen molar-refractivity contribution in [3.8, 4) is 0 Å². The van der Waals surface area contributed by atoms with Crippen LogP contribution in [0.5, 0.6) is 0 Å². The van der Waals surface area contributed by atoms with Crippen LogP contribution in [0.2, 0.25) is 0 Å². The Bertz CT molecular complexity index is 429. The Labute approximate surface area is 140 Å². The molecular formula is C17H33N3O3. The molecule has 0 spiro atoms. The van der Waals surface area contributed by atoms with E-state index in [4.69, 9.17) is 10.5 Å². The van der Waals surface area contributed by atoms with Gasteiger partial charge in [0, 0.05) is 26.2 Å². The van der Waals surface area contributed by atoms with Crippen LogP contribution in [-0.2, 0) is 9.53 Å². The molecule has 2 N–H and O–H groups in total. The Morgan fingerprint density at radius 1 is 1.13 bits per heavy atom.